The lowest BCUT2D eigenvalue weighted by Crippen LogP contribution is -2.48. The fourth-order valence-corrected chi connectivity index (χ4v) is 6.50. The van der Waals surface area contributed by atoms with Crippen LogP contribution in [0.25, 0.3) is 27.9 Å². The molecule has 1 aromatic rings. The second kappa shape index (κ2) is 16.1. The molecule has 5 N–H and O–H groups in total. The number of nitrogens with two attached hydrogens (primary N) is 1. The van der Waals surface area contributed by atoms with Gasteiger partial charge in [0, 0.05) is 54.0 Å². The standard InChI is InChI=1S/C37H49N5O3S/c1-6-41(7-2)26-16-18-29-32(23-26)45-33-24-27(42(8-3)9-4)17-19-30(33)34(29)28-15-14-20-37(5,25-31(28)35(43)44)40-36(46)39-22-13-11-10-12-21-38/h14-20,23-25H,6-13,21-22,38H2,1-5H3,(H2-,39,40,43,44,46)/p+1. The first kappa shape index (κ1) is 34.9. The van der Waals surface area contributed by atoms with E-state index in [0.717, 1.165) is 86.0 Å². The van der Waals surface area contributed by atoms with Gasteiger partial charge in [0.2, 0.25) is 5.36 Å². The number of carboxylic acid groups (broad SMARTS) is 1. The first-order valence-electron chi connectivity index (χ1n) is 16.6. The van der Waals surface area contributed by atoms with Crippen LogP contribution in [0.3, 0.4) is 0 Å². The molecule has 8 nitrogen and oxygen atoms in total. The molecule has 1 heterocycles. The largest absolute Gasteiger partial charge is 0.478 e. The van der Waals surface area contributed by atoms with Crippen molar-refractivity contribution >= 4 is 45.5 Å². The molecule has 4 rings (SSSR count). The SMILES string of the molecule is CCN(CC)c1ccc2c(C3=CC=CC(C)(NC(=S)NCCCCCCN)C=C3C(=O)O)c3ccc(=[N+](CC)CC)cc-3oc2c1. The van der Waals surface area contributed by atoms with Crippen LogP contribution in [0.4, 0.5) is 5.69 Å². The van der Waals surface area contributed by atoms with Crippen molar-refractivity contribution in [3.8, 4) is 11.3 Å². The first-order chi connectivity index (χ1) is 22.2. The van der Waals surface area contributed by atoms with Gasteiger partial charge in [0.15, 0.2) is 5.11 Å². The van der Waals surface area contributed by atoms with Gasteiger partial charge >= 0.3 is 5.97 Å². The molecule has 46 heavy (non-hydrogen) atoms. The molecule has 0 aromatic heterocycles. The Morgan fingerprint density at radius 1 is 1.04 bits per heavy atom. The van der Waals surface area contributed by atoms with Crippen molar-refractivity contribution in [3.05, 3.63) is 77.2 Å². The van der Waals surface area contributed by atoms with Crippen LogP contribution in [0.1, 0.15) is 65.9 Å². The van der Waals surface area contributed by atoms with Gasteiger partial charge in [0.05, 0.1) is 17.2 Å². The summed E-state index contributed by atoms with van der Waals surface area (Å²) in [6, 6.07) is 12.4. The molecule has 0 spiro atoms. The van der Waals surface area contributed by atoms with Gasteiger partial charge in [-0.15, -0.1) is 0 Å². The van der Waals surface area contributed by atoms with Gasteiger partial charge in [0.25, 0.3) is 0 Å². The summed E-state index contributed by atoms with van der Waals surface area (Å²) in [5, 5.41) is 19.7. The summed E-state index contributed by atoms with van der Waals surface area (Å²) in [5.74, 6) is -0.302. The number of unbranched alkanes of at least 4 members (excludes halogenated alkanes) is 3. The highest BCUT2D eigenvalue weighted by atomic mass is 32.1. The number of allylic oxidation sites excluding steroid dienone is 2. The quantitative estimate of drug-likeness (QED) is 0.0744. The van der Waals surface area contributed by atoms with Gasteiger partial charge in [-0.1, -0.05) is 31.1 Å². The van der Waals surface area contributed by atoms with E-state index in [-0.39, 0.29) is 5.57 Å². The smallest absolute Gasteiger partial charge is 0.336 e. The highest BCUT2D eigenvalue weighted by molar-refractivity contribution is 7.80. The second-order valence-electron chi connectivity index (χ2n) is 11.9. The predicted octanol–water partition coefficient (Wildman–Crippen LogP) is 5.90. The maximum atomic E-state index is 13.0. The van der Waals surface area contributed by atoms with E-state index in [9.17, 15) is 9.90 Å². The maximum absolute atomic E-state index is 13.0. The topological polar surface area (TPSA) is 107 Å². The molecule has 0 radical (unpaired) electrons. The Morgan fingerprint density at radius 3 is 2.46 bits per heavy atom. The van der Waals surface area contributed by atoms with E-state index in [1.54, 1.807) is 6.08 Å². The number of benzene rings is 2. The Hall–Kier alpha value is -3.95. The van der Waals surface area contributed by atoms with Crippen LogP contribution < -0.4 is 31.2 Å². The molecule has 0 amide bonds. The summed E-state index contributed by atoms with van der Waals surface area (Å²) in [4.78, 5) is 15.3. The van der Waals surface area contributed by atoms with Crippen molar-refractivity contribution in [2.45, 2.75) is 65.8 Å². The normalized spacial score (nSPS) is 16.1. The highest BCUT2D eigenvalue weighted by Crippen LogP contribution is 2.42. The molecule has 1 aromatic carbocycles. The van der Waals surface area contributed by atoms with Crippen molar-refractivity contribution in [1.29, 1.82) is 0 Å². The average Bonchev–Trinajstić information content (AvgIpc) is 3.21. The summed E-state index contributed by atoms with van der Waals surface area (Å²) >= 11 is 5.62. The fourth-order valence-electron chi connectivity index (χ4n) is 6.17. The lowest BCUT2D eigenvalue weighted by atomic mass is 9.87. The highest BCUT2D eigenvalue weighted by Gasteiger charge is 2.30. The summed E-state index contributed by atoms with van der Waals surface area (Å²) in [7, 11) is 0. The number of nitrogens with zero attached hydrogens (tertiary/aromatic N) is 2. The van der Waals surface area contributed by atoms with Gasteiger partial charge < -0.3 is 30.8 Å². The van der Waals surface area contributed by atoms with E-state index in [4.69, 9.17) is 22.4 Å². The van der Waals surface area contributed by atoms with Crippen LogP contribution >= 0.6 is 12.2 Å². The molecular formula is C37H50N5O3S+. The van der Waals surface area contributed by atoms with Crippen LogP contribution in [0.15, 0.2) is 70.7 Å². The molecule has 0 saturated heterocycles. The van der Waals surface area contributed by atoms with Gasteiger partial charge in [-0.05, 0) is 96.1 Å². The molecule has 0 bridgehead atoms. The van der Waals surface area contributed by atoms with E-state index in [0.29, 0.717) is 28.6 Å². The minimum Gasteiger partial charge on any atom is -0.478 e. The predicted molar refractivity (Wildman–Crippen MR) is 195 cm³/mol. The number of carbonyl (C=O) groups is 1. The Bertz CT molecular complexity index is 1680. The van der Waals surface area contributed by atoms with Crippen molar-refractivity contribution in [2.75, 3.05) is 44.2 Å². The molecule has 0 saturated carbocycles. The Morgan fingerprint density at radius 2 is 1.78 bits per heavy atom. The number of nitrogens with one attached hydrogen (secondary N) is 2. The van der Waals surface area contributed by atoms with Gasteiger partial charge in [-0.3, -0.25) is 0 Å². The number of aliphatic carboxylic acids is 1. The van der Waals surface area contributed by atoms with E-state index >= 15 is 0 Å². The zero-order valence-corrected chi connectivity index (χ0v) is 28.8. The van der Waals surface area contributed by atoms with E-state index in [1.807, 2.05) is 25.2 Å². The number of anilines is 1. The molecule has 0 fully saturated rings. The summed E-state index contributed by atoms with van der Waals surface area (Å²) in [6.07, 6.45) is 11.7. The summed E-state index contributed by atoms with van der Waals surface area (Å²) in [5.41, 5.74) is 9.04. The average molecular weight is 645 g/mol. The molecular weight excluding hydrogens is 595 g/mol. The van der Waals surface area contributed by atoms with Crippen LogP contribution in [-0.4, -0.2) is 61.0 Å². The summed E-state index contributed by atoms with van der Waals surface area (Å²) < 4.78 is 8.89. The number of fused-ring (bicyclic) bond motifs is 2. The zero-order chi connectivity index (χ0) is 33.3. The van der Waals surface area contributed by atoms with Gasteiger partial charge in [0.1, 0.15) is 24.4 Å². The minimum atomic E-state index is -1.01. The molecule has 2 aliphatic carbocycles. The Balaban J connectivity index is 1.83. The fraction of sp³-hybridized carbons (Fsp3) is 0.432. The van der Waals surface area contributed by atoms with E-state index < -0.39 is 11.5 Å². The van der Waals surface area contributed by atoms with Crippen LogP contribution in [0, 0.1) is 0 Å². The Labute approximate surface area is 278 Å². The van der Waals surface area contributed by atoms with Crippen LogP contribution in [0.2, 0.25) is 0 Å². The number of carboxylic acids is 1. The summed E-state index contributed by atoms with van der Waals surface area (Å²) in [6.45, 7) is 15.4. The van der Waals surface area contributed by atoms with E-state index in [2.05, 4.69) is 84.2 Å². The molecule has 1 atom stereocenters. The number of hydrogen-bond donors (Lipinski definition) is 4. The van der Waals surface area contributed by atoms with Gasteiger partial charge in [-0.2, -0.15) is 0 Å². The monoisotopic (exact) mass is 644 g/mol. The number of hydrogen-bond acceptors (Lipinski definition) is 5. The lowest BCUT2D eigenvalue weighted by Gasteiger charge is -2.27. The molecule has 3 aliphatic rings. The second-order valence-corrected chi connectivity index (χ2v) is 12.3. The Kier molecular flexibility index (Phi) is 12.2. The molecule has 1 aliphatic heterocycles. The maximum Gasteiger partial charge on any atom is 0.336 e. The van der Waals surface area contributed by atoms with Crippen molar-refractivity contribution in [2.24, 2.45) is 5.73 Å². The van der Waals surface area contributed by atoms with Crippen molar-refractivity contribution in [1.82, 2.24) is 15.2 Å². The lowest BCUT2D eigenvalue weighted by molar-refractivity contribution is -0.132. The molecule has 9 heteroatoms. The third kappa shape index (κ3) is 8.06. The van der Waals surface area contributed by atoms with Crippen LogP contribution in [0.5, 0.6) is 0 Å². The third-order valence-electron chi connectivity index (χ3n) is 8.68. The van der Waals surface area contributed by atoms with Crippen molar-refractivity contribution < 1.29 is 14.3 Å². The molecule has 1 unspecified atom stereocenters. The zero-order valence-electron chi connectivity index (χ0n) is 28.0. The first-order valence-corrected chi connectivity index (χ1v) is 17.0. The molecule has 246 valence electrons. The van der Waals surface area contributed by atoms with Crippen molar-refractivity contribution in [3.63, 3.8) is 0 Å². The number of thiocarbonyl (C=S) groups is 1. The third-order valence-corrected chi connectivity index (χ3v) is 8.93. The van der Waals surface area contributed by atoms with Crippen LogP contribution in [-0.2, 0) is 4.79 Å². The van der Waals surface area contributed by atoms with E-state index in [1.165, 1.54) is 0 Å². The minimum absolute atomic E-state index is 0.194. The number of rotatable bonds is 14. The van der Waals surface area contributed by atoms with Gasteiger partial charge in [-0.25, -0.2) is 9.37 Å².